The molecule has 1 aliphatic heterocycles. The van der Waals surface area contributed by atoms with Gasteiger partial charge in [-0.05, 0) is 18.2 Å². The van der Waals surface area contributed by atoms with Crippen LogP contribution in [0.4, 0.5) is 0 Å². The Balaban J connectivity index is 2.17. The lowest BCUT2D eigenvalue weighted by molar-refractivity contribution is 0.0509. The van der Waals surface area contributed by atoms with Crippen LogP contribution in [0, 0.1) is 0 Å². The summed E-state index contributed by atoms with van der Waals surface area (Å²) in [7, 11) is 1.59. The van der Waals surface area contributed by atoms with E-state index in [4.69, 9.17) is 14.2 Å². The van der Waals surface area contributed by atoms with Gasteiger partial charge in [-0.1, -0.05) is 6.08 Å². The van der Waals surface area contributed by atoms with Crippen LogP contribution >= 0.6 is 0 Å². The standard InChI is InChI=1S/C11H12O3/c1-12-8-14-10-5-4-9-3-2-6-13-11(9)7-10/h2-5,7H,6,8H2,1H3. The summed E-state index contributed by atoms with van der Waals surface area (Å²) >= 11 is 0. The van der Waals surface area contributed by atoms with Gasteiger partial charge in [-0.3, -0.25) is 0 Å². The molecule has 74 valence electrons. The number of ether oxygens (including phenoxy) is 3. The Morgan fingerprint density at radius 2 is 2.36 bits per heavy atom. The highest BCUT2D eigenvalue weighted by molar-refractivity contribution is 5.60. The number of fused-ring (bicyclic) bond motifs is 1. The SMILES string of the molecule is COCOc1ccc2c(c1)OCC=C2. The molecule has 1 aromatic rings. The summed E-state index contributed by atoms with van der Waals surface area (Å²) in [5.41, 5.74) is 1.08. The van der Waals surface area contributed by atoms with E-state index in [0.717, 1.165) is 17.1 Å². The first-order chi connectivity index (χ1) is 6.90. The Bertz CT molecular complexity index is 344. The van der Waals surface area contributed by atoms with Gasteiger partial charge in [0.15, 0.2) is 6.79 Å². The number of methoxy groups -OCH3 is 1. The Labute approximate surface area is 82.9 Å². The van der Waals surface area contributed by atoms with Crippen molar-refractivity contribution in [2.75, 3.05) is 20.5 Å². The molecule has 0 saturated carbocycles. The molecule has 0 aliphatic carbocycles. The minimum atomic E-state index is 0.259. The van der Waals surface area contributed by atoms with E-state index in [9.17, 15) is 0 Å². The van der Waals surface area contributed by atoms with Crippen LogP contribution in [0.1, 0.15) is 5.56 Å². The molecule has 3 nitrogen and oxygen atoms in total. The highest BCUT2D eigenvalue weighted by atomic mass is 16.7. The van der Waals surface area contributed by atoms with Crippen molar-refractivity contribution >= 4 is 6.08 Å². The van der Waals surface area contributed by atoms with Gasteiger partial charge < -0.3 is 14.2 Å². The number of benzene rings is 1. The summed E-state index contributed by atoms with van der Waals surface area (Å²) in [4.78, 5) is 0. The topological polar surface area (TPSA) is 27.7 Å². The fraction of sp³-hybridized carbons (Fsp3) is 0.273. The minimum absolute atomic E-state index is 0.259. The molecule has 2 rings (SSSR count). The first-order valence-corrected chi connectivity index (χ1v) is 4.45. The molecule has 1 aromatic carbocycles. The van der Waals surface area contributed by atoms with Crippen molar-refractivity contribution in [2.24, 2.45) is 0 Å². The molecule has 3 heteroatoms. The third-order valence-corrected chi connectivity index (χ3v) is 1.96. The normalized spacial score (nSPS) is 13.2. The van der Waals surface area contributed by atoms with E-state index >= 15 is 0 Å². The van der Waals surface area contributed by atoms with Crippen molar-refractivity contribution in [1.29, 1.82) is 0 Å². The van der Waals surface area contributed by atoms with Gasteiger partial charge >= 0.3 is 0 Å². The van der Waals surface area contributed by atoms with E-state index in [0.29, 0.717) is 6.61 Å². The summed E-state index contributed by atoms with van der Waals surface area (Å²) in [6.07, 6.45) is 4.02. The van der Waals surface area contributed by atoms with Gasteiger partial charge in [-0.25, -0.2) is 0 Å². The third-order valence-electron chi connectivity index (χ3n) is 1.96. The molecule has 0 fully saturated rings. The molecule has 0 bridgehead atoms. The molecular formula is C11H12O3. The maximum absolute atomic E-state index is 5.44. The van der Waals surface area contributed by atoms with Crippen molar-refractivity contribution in [3.8, 4) is 11.5 Å². The average molecular weight is 192 g/mol. The lowest BCUT2D eigenvalue weighted by atomic mass is 10.1. The highest BCUT2D eigenvalue weighted by Crippen LogP contribution is 2.28. The summed E-state index contributed by atoms with van der Waals surface area (Å²) in [5.74, 6) is 1.63. The zero-order valence-electron chi connectivity index (χ0n) is 8.03. The largest absolute Gasteiger partial charge is 0.489 e. The van der Waals surface area contributed by atoms with Crippen LogP contribution in [0.2, 0.25) is 0 Å². The van der Waals surface area contributed by atoms with E-state index in [1.807, 2.05) is 30.4 Å². The highest BCUT2D eigenvalue weighted by Gasteiger charge is 2.06. The van der Waals surface area contributed by atoms with Crippen molar-refractivity contribution in [3.63, 3.8) is 0 Å². The van der Waals surface area contributed by atoms with Crippen LogP contribution in [0.5, 0.6) is 11.5 Å². The van der Waals surface area contributed by atoms with E-state index in [1.54, 1.807) is 7.11 Å². The third kappa shape index (κ3) is 1.88. The predicted molar refractivity (Wildman–Crippen MR) is 53.5 cm³/mol. The molecule has 0 unspecified atom stereocenters. The maximum atomic E-state index is 5.44. The van der Waals surface area contributed by atoms with Crippen LogP contribution in [0.25, 0.3) is 6.08 Å². The van der Waals surface area contributed by atoms with Gasteiger partial charge in [0.1, 0.15) is 18.1 Å². The lowest BCUT2D eigenvalue weighted by Crippen LogP contribution is -2.02. The maximum Gasteiger partial charge on any atom is 0.188 e. The van der Waals surface area contributed by atoms with Gasteiger partial charge in [-0.15, -0.1) is 0 Å². The van der Waals surface area contributed by atoms with Crippen molar-refractivity contribution in [2.45, 2.75) is 0 Å². The smallest absolute Gasteiger partial charge is 0.188 e. The average Bonchev–Trinajstić information content (AvgIpc) is 2.26. The molecule has 0 amide bonds. The first kappa shape index (κ1) is 9.09. The summed E-state index contributed by atoms with van der Waals surface area (Å²) in [6.45, 7) is 0.884. The van der Waals surface area contributed by atoms with E-state index in [2.05, 4.69) is 0 Å². The Kier molecular flexibility index (Phi) is 2.70. The number of hydrogen-bond donors (Lipinski definition) is 0. The molecule has 1 aliphatic rings. The zero-order valence-corrected chi connectivity index (χ0v) is 8.03. The van der Waals surface area contributed by atoms with Crippen molar-refractivity contribution < 1.29 is 14.2 Å². The van der Waals surface area contributed by atoms with Crippen LogP contribution in [0.3, 0.4) is 0 Å². The molecular weight excluding hydrogens is 180 g/mol. The molecule has 0 saturated heterocycles. The molecule has 0 aromatic heterocycles. The Hall–Kier alpha value is -1.48. The minimum Gasteiger partial charge on any atom is -0.489 e. The molecule has 0 N–H and O–H groups in total. The molecule has 0 radical (unpaired) electrons. The Morgan fingerprint density at radius 1 is 1.43 bits per heavy atom. The van der Waals surface area contributed by atoms with Gasteiger partial charge in [-0.2, -0.15) is 0 Å². The van der Waals surface area contributed by atoms with Crippen LogP contribution in [-0.4, -0.2) is 20.5 Å². The van der Waals surface area contributed by atoms with E-state index in [1.165, 1.54) is 0 Å². The fourth-order valence-electron chi connectivity index (χ4n) is 1.31. The first-order valence-electron chi connectivity index (χ1n) is 4.45. The fourth-order valence-corrected chi connectivity index (χ4v) is 1.31. The molecule has 14 heavy (non-hydrogen) atoms. The summed E-state index contributed by atoms with van der Waals surface area (Å²) in [6, 6.07) is 5.74. The van der Waals surface area contributed by atoms with Crippen molar-refractivity contribution in [1.82, 2.24) is 0 Å². The second-order valence-corrected chi connectivity index (χ2v) is 2.96. The van der Waals surface area contributed by atoms with Crippen LogP contribution < -0.4 is 9.47 Å². The summed E-state index contributed by atoms with van der Waals surface area (Å²) < 4.78 is 15.5. The lowest BCUT2D eigenvalue weighted by Gasteiger charge is -2.13. The van der Waals surface area contributed by atoms with Gasteiger partial charge in [0.2, 0.25) is 0 Å². The predicted octanol–water partition coefficient (Wildman–Crippen LogP) is 2.07. The second-order valence-electron chi connectivity index (χ2n) is 2.96. The van der Waals surface area contributed by atoms with Gasteiger partial charge in [0, 0.05) is 18.7 Å². The zero-order chi connectivity index (χ0) is 9.80. The van der Waals surface area contributed by atoms with E-state index < -0.39 is 0 Å². The van der Waals surface area contributed by atoms with Gasteiger partial charge in [0.25, 0.3) is 0 Å². The van der Waals surface area contributed by atoms with Crippen LogP contribution in [-0.2, 0) is 4.74 Å². The van der Waals surface area contributed by atoms with E-state index in [-0.39, 0.29) is 6.79 Å². The van der Waals surface area contributed by atoms with Gasteiger partial charge in [0.05, 0.1) is 0 Å². The molecule has 0 spiro atoms. The van der Waals surface area contributed by atoms with Crippen molar-refractivity contribution in [3.05, 3.63) is 29.8 Å². The molecule has 1 heterocycles. The summed E-state index contributed by atoms with van der Waals surface area (Å²) in [5, 5.41) is 0. The quantitative estimate of drug-likeness (QED) is 0.686. The Morgan fingerprint density at radius 3 is 3.21 bits per heavy atom. The monoisotopic (exact) mass is 192 g/mol. The number of hydrogen-bond acceptors (Lipinski definition) is 3. The second kappa shape index (κ2) is 4.15. The van der Waals surface area contributed by atoms with Crippen LogP contribution in [0.15, 0.2) is 24.3 Å². The number of rotatable bonds is 3. The molecule has 0 atom stereocenters.